The first kappa shape index (κ1) is 19.8. The van der Waals surface area contributed by atoms with Gasteiger partial charge in [0, 0.05) is 31.1 Å². The summed E-state index contributed by atoms with van der Waals surface area (Å²) in [7, 11) is 0. The molecule has 0 radical (unpaired) electrons. The summed E-state index contributed by atoms with van der Waals surface area (Å²) in [6.07, 6.45) is 0.880. The van der Waals surface area contributed by atoms with Crippen molar-refractivity contribution in [1.29, 1.82) is 0 Å². The Kier molecular flexibility index (Phi) is 6.83. The molecule has 1 heterocycles. The highest BCUT2D eigenvalue weighted by Crippen LogP contribution is 2.20. The second-order valence-electron chi connectivity index (χ2n) is 6.86. The molecule has 4 nitrogen and oxygen atoms in total. The Morgan fingerprint density at radius 3 is 2.59 bits per heavy atom. The Bertz CT molecular complexity index is 765. The molecule has 1 N–H and O–H groups in total. The second-order valence-corrected chi connectivity index (χ2v) is 7.30. The molecule has 0 unspecified atom stereocenters. The van der Waals surface area contributed by atoms with E-state index >= 15 is 0 Å². The van der Waals surface area contributed by atoms with E-state index in [9.17, 15) is 9.50 Å². The van der Waals surface area contributed by atoms with Crippen LogP contribution in [0.15, 0.2) is 53.7 Å². The normalized spacial score (nSPS) is 17.7. The number of aliphatic hydroxyl groups is 1. The SMILES string of the molecule is CC[C@@H](O)CN(Cc1ccc(F)cc1)C[C@@H]1CC(c2ccc(Cl)cc2)=NO1. The lowest BCUT2D eigenvalue weighted by Crippen LogP contribution is -2.37. The van der Waals surface area contributed by atoms with Gasteiger partial charge in [-0.15, -0.1) is 0 Å². The van der Waals surface area contributed by atoms with Crippen molar-refractivity contribution < 1.29 is 14.3 Å². The first-order chi connectivity index (χ1) is 13.0. The number of halogens is 2. The molecule has 0 saturated carbocycles. The van der Waals surface area contributed by atoms with E-state index in [1.807, 2.05) is 31.2 Å². The van der Waals surface area contributed by atoms with Gasteiger partial charge in [-0.1, -0.05) is 47.9 Å². The van der Waals surface area contributed by atoms with Gasteiger partial charge in [0.25, 0.3) is 0 Å². The quantitative estimate of drug-likeness (QED) is 0.733. The summed E-state index contributed by atoms with van der Waals surface area (Å²) < 4.78 is 13.1. The molecular formula is C21H24ClFN2O2. The summed E-state index contributed by atoms with van der Waals surface area (Å²) in [5.74, 6) is -0.251. The highest BCUT2D eigenvalue weighted by Gasteiger charge is 2.25. The van der Waals surface area contributed by atoms with E-state index in [-0.39, 0.29) is 11.9 Å². The maximum absolute atomic E-state index is 13.1. The molecule has 2 aromatic carbocycles. The van der Waals surface area contributed by atoms with Crippen LogP contribution < -0.4 is 0 Å². The van der Waals surface area contributed by atoms with Crippen LogP contribution in [0.2, 0.25) is 5.02 Å². The molecule has 144 valence electrons. The van der Waals surface area contributed by atoms with Crippen LogP contribution in [-0.4, -0.2) is 41.0 Å². The minimum atomic E-state index is -0.413. The van der Waals surface area contributed by atoms with Crippen LogP contribution in [-0.2, 0) is 11.4 Å². The summed E-state index contributed by atoms with van der Waals surface area (Å²) in [6, 6.07) is 14.0. The summed E-state index contributed by atoms with van der Waals surface area (Å²) in [5.41, 5.74) is 2.89. The van der Waals surface area contributed by atoms with Crippen molar-refractivity contribution in [2.24, 2.45) is 5.16 Å². The molecule has 3 rings (SSSR count). The van der Waals surface area contributed by atoms with Crippen LogP contribution in [0.4, 0.5) is 4.39 Å². The number of rotatable bonds is 8. The molecule has 0 bridgehead atoms. The van der Waals surface area contributed by atoms with Crippen LogP contribution in [0.5, 0.6) is 0 Å². The fraction of sp³-hybridized carbons (Fsp3) is 0.381. The van der Waals surface area contributed by atoms with Crippen LogP contribution in [0, 0.1) is 5.82 Å². The van der Waals surface area contributed by atoms with Gasteiger partial charge in [0.1, 0.15) is 11.9 Å². The third-order valence-corrected chi connectivity index (χ3v) is 4.88. The van der Waals surface area contributed by atoms with E-state index in [0.29, 0.717) is 37.5 Å². The summed E-state index contributed by atoms with van der Waals surface area (Å²) in [4.78, 5) is 7.76. The lowest BCUT2D eigenvalue weighted by molar-refractivity contribution is 0.0315. The molecule has 0 spiro atoms. The van der Waals surface area contributed by atoms with Crippen molar-refractivity contribution in [1.82, 2.24) is 4.90 Å². The minimum Gasteiger partial charge on any atom is -0.392 e. The topological polar surface area (TPSA) is 45.1 Å². The molecule has 0 saturated heterocycles. The van der Waals surface area contributed by atoms with Crippen LogP contribution in [0.3, 0.4) is 0 Å². The molecule has 2 atom stereocenters. The molecule has 0 fully saturated rings. The molecule has 1 aliphatic rings. The molecule has 27 heavy (non-hydrogen) atoms. The minimum absolute atomic E-state index is 0.0832. The Morgan fingerprint density at radius 2 is 1.93 bits per heavy atom. The monoisotopic (exact) mass is 390 g/mol. The van der Waals surface area contributed by atoms with Gasteiger partial charge in [-0.2, -0.15) is 0 Å². The highest BCUT2D eigenvalue weighted by molar-refractivity contribution is 6.30. The van der Waals surface area contributed by atoms with Crippen molar-refractivity contribution in [3.05, 3.63) is 70.5 Å². The maximum atomic E-state index is 13.1. The Labute approximate surface area is 164 Å². The molecule has 6 heteroatoms. The zero-order valence-corrected chi connectivity index (χ0v) is 16.1. The number of benzene rings is 2. The van der Waals surface area contributed by atoms with Crippen LogP contribution in [0.1, 0.15) is 30.9 Å². The van der Waals surface area contributed by atoms with Gasteiger partial charge in [-0.05, 0) is 41.8 Å². The van der Waals surface area contributed by atoms with E-state index in [4.69, 9.17) is 16.4 Å². The molecule has 0 aliphatic carbocycles. The number of hydrogen-bond acceptors (Lipinski definition) is 4. The van der Waals surface area contributed by atoms with Crippen LogP contribution >= 0.6 is 11.6 Å². The van der Waals surface area contributed by atoms with Gasteiger partial charge in [0.15, 0.2) is 0 Å². The predicted molar refractivity (Wildman–Crippen MR) is 105 cm³/mol. The summed E-state index contributed by atoms with van der Waals surface area (Å²) in [6.45, 7) is 3.74. The number of aliphatic hydroxyl groups excluding tert-OH is 1. The van der Waals surface area contributed by atoms with Crippen LogP contribution in [0.25, 0.3) is 0 Å². The van der Waals surface area contributed by atoms with Gasteiger partial charge in [0.05, 0.1) is 11.8 Å². The van der Waals surface area contributed by atoms with E-state index in [2.05, 4.69) is 10.1 Å². The molecule has 1 aliphatic heterocycles. The Morgan fingerprint density at radius 1 is 1.22 bits per heavy atom. The van der Waals surface area contributed by atoms with Gasteiger partial charge < -0.3 is 9.94 Å². The smallest absolute Gasteiger partial charge is 0.145 e. The van der Waals surface area contributed by atoms with Gasteiger partial charge in [0.2, 0.25) is 0 Å². The average molecular weight is 391 g/mol. The molecule has 0 amide bonds. The van der Waals surface area contributed by atoms with Gasteiger partial charge >= 0.3 is 0 Å². The number of nitrogens with zero attached hydrogens (tertiary/aromatic N) is 2. The van der Waals surface area contributed by atoms with Crippen molar-refractivity contribution in [2.45, 2.75) is 38.5 Å². The predicted octanol–water partition coefficient (Wildman–Crippen LogP) is 4.25. The fourth-order valence-corrected chi connectivity index (χ4v) is 3.23. The van der Waals surface area contributed by atoms with E-state index in [1.165, 1.54) is 12.1 Å². The first-order valence-electron chi connectivity index (χ1n) is 9.17. The number of oxime groups is 1. The van der Waals surface area contributed by atoms with Crippen molar-refractivity contribution in [3.8, 4) is 0 Å². The molecular weight excluding hydrogens is 367 g/mol. The average Bonchev–Trinajstić information content (AvgIpc) is 3.12. The third-order valence-electron chi connectivity index (χ3n) is 4.63. The second kappa shape index (κ2) is 9.31. The van der Waals surface area contributed by atoms with E-state index < -0.39 is 6.10 Å². The Balaban J connectivity index is 1.62. The standard InChI is InChI=1S/C21H24ClFN2O2/c1-2-19(26)13-25(12-15-3-9-18(23)10-4-15)14-20-11-21(24-27-20)16-5-7-17(22)8-6-16/h3-10,19-20,26H,2,11-14H2,1H3/t19-,20+/m1/s1. The third kappa shape index (κ3) is 5.76. The van der Waals surface area contributed by atoms with Gasteiger partial charge in [-0.25, -0.2) is 4.39 Å². The van der Waals surface area contributed by atoms with Gasteiger partial charge in [-0.3, -0.25) is 4.90 Å². The zero-order chi connectivity index (χ0) is 19.2. The molecule has 2 aromatic rings. The van der Waals surface area contributed by atoms with Crippen molar-refractivity contribution in [3.63, 3.8) is 0 Å². The fourth-order valence-electron chi connectivity index (χ4n) is 3.11. The zero-order valence-electron chi connectivity index (χ0n) is 15.3. The largest absolute Gasteiger partial charge is 0.392 e. The van der Waals surface area contributed by atoms with Crippen molar-refractivity contribution in [2.75, 3.05) is 13.1 Å². The molecule has 0 aromatic heterocycles. The Hall–Kier alpha value is -1.95. The first-order valence-corrected chi connectivity index (χ1v) is 9.54. The summed E-state index contributed by atoms with van der Waals surface area (Å²) in [5, 5.41) is 15.0. The lowest BCUT2D eigenvalue weighted by atomic mass is 10.0. The highest BCUT2D eigenvalue weighted by atomic mass is 35.5. The lowest BCUT2D eigenvalue weighted by Gasteiger charge is -2.26. The van der Waals surface area contributed by atoms with E-state index in [0.717, 1.165) is 16.8 Å². The van der Waals surface area contributed by atoms with Crippen molar-refractivity contribution >= 4 is 17.3 Å². The van der Waals surface area contributed by atoms with E-state index in [1.54, 1.807) is 12.1 Å². The summed E-state index contributed by atoms with van der Waals surface area (Å²) >= 11 is 5.94. The number of hydrogen-bond donors (Lipinski definition) is 1. The maximum Gasteiger partial charge on any atom is 0.145 e.